The highest BCUT2D eigenvalue weighted by Crippen LogP contribution is 2.31. The fraction of sp³-hybridized carbons (Fsp3) is 0.227. The molecule has 146 valence electrons. The summed E-state index contributed by atoms with van der Waals surface area (Å²) in [5.74, 6) is 0.329. The number of aryl methyl sites for hydroxylation is 1. The van der Waals surface area contributed by atoms with Crippen molar-refractivity contribution in [2.75, 3.05) is 23.3 Å². The Bertz CT molecular complexity index is 1170. The van der Waals surface area contributed by atoms with Crippen LogP contribution in [0.3, 0.4) is 0 Å². The number of nitrogens with one attached hydrogen (secondary N) is 1. The number of amides is 1. The van der Waals surface area contributed by atoms with Gasteiger partial charge in [0, 0.05) is 13.1 Å². The molecule has 0 bridgehead atoms. The van der Waals surface area contributed by atoms with Gasteiger partial charge in [-0.05, 0) is 50.1 Å². The predicted molar refractivity (Wildman–Crippen MR) is 110 cm³/mol. The summed E-state index contributed by atoms with van der Waals surface area (Å²) < 4.78 is 10.8. The molecule has 0 saturated carbocycles. The van der Waals surface area contributed by atoms with Crippen molar-refractivity contribution >= 4 is 28.4 Å². The van der Waals surface area contributed by atoms with Gasteiger partial charge in [-0.3, -0.25) is 4.79 Å². The Labute approximate surface area is 167 Å². The van der Waals surface area contributed by atoms with Crippen LogP contribution in [-0.2, 0) is 0 Å². The van der Waals surface area contributed by atoms with Gasteiger partial charge in [0.25, 0.3) is 11.6 Å². The predicted octanol–water partition coefficient (Wildman–Crippen LogP) is 4.64. The zero-order chi connectivity index (χ0) is 19.8. The minimum atomic E-state index is -0.233. The molecule has 7 nitrogen and oxygen atoms in total. The number of nitrogens with zero attached hydrogens (tertiary/aromatic N) is 3. The maximum Gasteiger partial charge on any atom is 0.259 e. The maximum atomic E-state index is 13.3. The van der Waals surface area contributed by atoms with E-state index in [1.165, 1.54) is 12.8 Å². The summed E-state index contributed by atoms with van der Waals surface area (Å²) in [5.41, 5.74) is 3.74. The summed E-state index contributed by atoms with van der Waals surface area (Å²) in [6.07, 6.45) is 3.90. The fourth-order valence-corrected chi connectivity index (χ4v) is 3.83. The SMILES string of the molecule is Cc1noc2nc(-c3ccco3)cc(C(=O)Nc3ccccc3N3CCCC3)c12. The Morgan fingerprint density at radius 2 is 1.97 bits per heavy atom. The van der Waals surface area contributed by atoms with Gasteiger partial charge in [-0.25, -0.2) is 4.98 Å². The lowest BCUT2D eigenvalue weighted by Crippen LogP contribution is -2.21. The molecule has 1 saturated heterocycles. The molecule has 0 radical (unpaired) electrons. The molecule has 4 heterocycles. The van der Waals surface area contributed by atoms with Crippen LogP contribution in [0.1, 0.15) is 28.9 Å². The van der Waals surface area contributed by atoms with Gasteiger partial charge in [-0.2, -0.15) is 0 Å². The van der Waals surface area contributed by atoms with Crippen LogP contribution < -0.4 is 10.2 Å². The first-order chi connectivity index (χ1) is 14.2. The van der Waals surface area contributed by atoms with Crippen molar-refractivity contribution in [3.63, 3.8) is 0 Å². The number of hydrogen-bond donors (Lipinski definition) is 1. The third-order valence-corrected chi connectivity index (χ3v) is 5.23. The molecule has 0 spiro atoms. The molecule has 1 amide bonds. The van der Waals surface area contributed by atoms with Gasteiger partial charge >= 0.3 is 0 Å². The van der Waals surface area contributed by atoms with Gasteiger partial charge in [0.1, 0.15) is 5.69 Å². The van der Waals surface area contributed by atoms with Crippen molar-refractivity contribution in [1.29, 1.82) is 0 Å². The normalized spacial score (nSPS) is 13.9. The zero-order valence-electron chi connectivity index (χ0n) is 16.0. The maximum absolute atomic E-state index is 13.3. The molecule has 0 atom stereocenters. The number of fused-ring (bicyclic) bond motifs is 1. The van der Waals surface area contributed by atoms with E-state index in [4.69, 9.17) is 8.94 Å². The lowest BCUT2D eigenvalue weighted by molar-refractivity contribution is 0.102. The van der Waals surface area contributed by atoms with E-state index < -0.39 is 0 Å². The standard InChI is InChI=1S/C22H20N4O3/c1-14-20-15(13-17(19-9-6-12-28-19)24-22(20)29-25-14)21(27)23-16-7-2-3-8-18(16)26-10-4-5-11-26/h2-3,6-9,12-13H,4-5,10-11H2,1H3,(H,23,27). The zero-order valence-corrected chi connectivity index (χ0v) is 16.0. The summed E-state index contributed by atoms with van der Waals surface area (Å²) in [7, 11) is 0. The Hall–Kier alpha value is -3.61. The second kappa shape index (κ2) is 7.09. The van der Waals surface area contributed by atoms with Crippen LogP contribution in [0.2, 0.25) is 0 Å². The van der Waals surface area contributed by atoms with E-state index in [-0.39, 0.29) is 5.91 Å². The smallest absolute Gasteiger partial charge is 0.259 e. The number of benzene rings is 1. The summed E-state index contributed by atoms with van der Waals surface area (Å²) in [5, 5.41) is 7.68. The van der Waals surface area contributed by atoms with Crippen molar-refractivity contribution in [3.8, 4) is 11.5 Å². The minimum Gasteiger partial charge on any atom is -0.463 e. The number of rotatable bonds is 4. The summed E-state index contributed by atoms with van der Waals surface area (Å²) in [6, 6.07) is 13.2. The number of aromatic nitrogens is 2. The van der Waals surface area contributed by atoms with E-state index >= 15 is 0 Å². The van der Waals surface area contributed by atoms with Crippen LogP contribution in [0.25, 0.3) is 22.6 Å². The number of carbonyl (C=O) groups is 1. The molecular formula is C22H20N4O3. The Morgan fingerprint density at radius 3 is 2.76 bits per heavy atom. The number of anilines is 2. The topological polar surface area (TPSA) is 84.4 Å². The largest absolute Gasteiger partial charge is 0.463 e. The number of carbonyl (C=O) groups excluding carboxylic acids is 1. The molecule has 0 aliphatic carbocycles. The van der Waals surface area contributed by atoms with Gasteiger partial charge in [0.05, 0.1) is 34.3 Å². The van der Waals surface area contributed by atoms with Gasteiger partial charge in [0.2, 0.25) is 0 Å². The molecule has 1 fully saturated rings. The molecule has 1 aromatic carbocycles. The molecular weight excluding hydrogens is 368 g/mol. The Kier molecular flexibility index (Phi) is 4.27. The highest BCUT2D eigenvalue weighted by Gasteiger charge is 2.22. The molecule has 5 rings (SSSR count). The Morgan fingerprint density at radius 1 is 1.14 bits per heavy atom. The van der Waals surface area contributed by atoms with Gasteiger partial charge < -0.3 is 19.2 Å². The van der Waals surface area contributed by atoms with Gasteiger partial charge in [-0.15, -0.1) is 0 Å². The van der Waals surface area contributed by atoms with Crippen LogP contribution in [0.15, 0.2) is 57.7 Å². The van der Waals surface area contributed by atoms with E-state index in [9.17, 15) is 4.79 Å². The number of furan rings is 1. The minimum absolute atomic E-state index is 0.233. The Balaban J connectivity index is 1.56. The second-order valence-electron chi connectivity index (χ2n) is 7.15. The van der Waals surface area contributed by atoms with Crippen LogP contribution >= 0.6 is 0 Å². The third-order valence-electron chi connectivity index (χ3n) is 5.23. The quantitative estimate of drug-likeness (QED) is 0.548. The van der Waals surface area contributed by atoms with Crippen LogP contribution in [-0.4, -0.2) is 29.1 Å². The lowest BCUT2D eigenvalue weighted by Gasteiger charge is -2.21. The van der Waals surface area contributed by atoms with Crippen molar-refractivity contribution in [3.05, 3.63) is 60.0 Å². The van der Waals surface area contributed by atoms with Crippen LogP contribution in [0, 0.1) is 6.92 Å². The van der Waals surface area contributed by atoms with Crippen molar-refractivity contribution < 1.29 is 13.7 Å². The van der Waals surface area contributed by atoms with E-state index in [1.54, 1.807) is 31.4 Å². The third kappa shape index (κ3) is 3.14. The highest BCUT2D eigenvalue weighted by molar-refractivity contribution is 6.13. The van der Waals surface area contributed by atoms with Gasteiger partial charge in [-0.1, -0.05) is 17.3 Å². The molecule has 1 aliphatic rings. The first kappa shape index (κ1) is 17.5. The average molecular weight is 388 g/mol. The summed E-state index contributed by atoms with van der Waals surface area (Å²) in [6.45, 7) is 3.80. The molecule has 1 N–H and O–H groups in total. The first-order valence-electron chi connectivity index (χ1n) is 9.67. The van der Waals surface area contributed by atoms with Crippen molar-refractivity contribution in [2.45, 2.75) is 19.8 Å². The average Bonchev–Trinajstić information content (AvgIpc) is 3.50. The fourth-order valence-electron chi connectivity index (χ4n) is 3.83. The van der Waals surface area contributed by atoms with E-state index in [2.05, 4.69) is 20.4 Å². The van der Waals surface area contributed by atoms with E-state index in [0.717, 1.165) is 24.5 Å². The number of pyridine rings is 1. The van der Waals surface area contributed by atoms with E-state index in [1.807, 2.05) is 24.3 Å². The summed E-state index contributed by atoms with van der Waals surface area (Å²) in [4.78, 5) is 20.1. The van der Waals surface area contributed by atoms with E-state index in [0.29, 0.717) is 33.8 Å². The first-order valence-corrected chi connectivity index (χ1v) is 9.67. The monoisotopic (exact) mass is 388 g/mol. The lowest BCUT2D eigenvalue weighted by atomic mass is 10.1. The van der Waals surface area contributed by atoms with Crippen LogP contribution in [0.4, 0.5) is 11.4 Å². The molecule has 29 heavy (non-hydrogen) atoms. The van der Waals surface area contributed by atoms with Crippen molar-refractivity contribution in [2.24, 2.45) is 0 Å². The van der Waals surface area contributed by atoms with Crippen LogP contribution in [0.5, 0.6) is 0 Å². The number of hydrogen-bond acceptors (Lipinski definition) is 6. The molecule has 3 aromatic heterocycles. The highest BCUT2D eigenvalue weighted by atomic mass is 16.5. The molecule has 4 aromatic rings. The molecule has 0 unspecified atom stereocenters. The van der Waals surface area contributed by atoms with Crippen molar-refractivity contribution in [1.82, 2.24) is 10.1 Å². The summed E-state index contributed by atoms with van der Waals surface area (Å²) >= 11 is 0. The second-order valence-corrected chi connectivity index (χ2v) is 7.15. The van der Waals surface area contributed by atoms with Gasteiger partial charge in [0.15, 0.2) is 5.76 Å². The number of para-hydroxylation sites is 2. The molecule has 7 heteroatoms. The molecule has 1 aliphatic heterocycles.